The summed E-state index contributed by atoms with van der Waals surface area (Å²) in [5, 5.41) is 3.16. The Kier molecular flexibility index (Phi) is 7.86. The fraction of sp³-hybridized carbons (Fsp3) is 0.333. The first kappa shape index (κ1) is 24.5. The van der Waals surface area contributed by atoms with Crippen LogP contribution in [-0.2, 0) is 17.8 Å². The number of carbonyl (C=O) groups excluding carboxylic acids is 1. The Morgan fingerprint density at radius 1 is 0.971 bits per heavy atom. The number of nitrogens with zero attached hydrogens (tertiary/aromatic N) is 2. The fourth-order valence-electron chi connectivity index (χ4n) is 4.58. The highest BCUT2D eigenvalue weighted by molar-refractivity contribution is 5.80. The van der Waals surface area contributed by atoms with Crippen molar-refractivity contribution in [3.63, 3.8) is 0 Å². The molecule has 0 bridgehead atoms. The largest absolute Gasteiger partial charge is 0.494 e. The lowest BCUT2D eigenvalue weighted by molar-refractivity contribution is -0.121. The number of aromatic nitrogens is 2. The molecule has 1 atom stereocenters. The van der Waals surface area contributed by atoms with E-state index in [-0.39, 0.29) is 11.9 Å². The molecule has 1 heterocycles. The predicted octanol–water partition coefficient (Wildman–Crippen LogP) is 6.24. The molecule has 3 aromatic carbocycles. The van der Waals surface area contributed by atoms with Crippen molar-refractivity contribution in [3.8, 4) is 5.75 Å². The summed E-state index contributed by atoms with van der Waals surface area (Å²) in [5.41, 5.74) is 6.66. The number of aryl methyl sites for hydroxylation is 4. The fourth-order valence-corrected chi connectivity index (χ4v) is 4.58. The van der Waals surface area contributed by atoms with E-state index in [1.165, 1.54) is 11.1 Å². The van der Waals surface area contributed by atoms with Gasteiger partial charge in [-0.3, -0.25) is 4.79 Å². The van der Waals surface area contributed by atoms with Gasteiger partial charge >= 0.3 is 0 Å². The van der Waals surface area contributed by atoms with E-state index < -0.39 is 0 Å². The first-order valence-corrected chi connectivity index (χ1v) is 12.4. The molecule has 0 saturated carbocycles. The lowest BCUT2D eigenvalue weighted by Gasteiger charge is -2.17. The quantitative estimate of drug-likeness (QED) is 0.280. The minimum Gasteiger partial charge on any atom is -0.494 e. The van der Waals surface area contributed by atoms with Crippen LogP contribution in [0.5, 0.6) is 5.75 Å². The van der Waals surface area contributed by atoms with Gasteiger partial charge in [-0.15, -0.1) is 0 Å². The van der Waals surface area contributed by atoms with E-state index in [4.69, 9.17) is 9.72 Å². The van der Waals surface area contributed by atoms with Crippen molar-refractivity contribution in [2.45, 2.75) is 59.5 Å². The molecule has 1 amide bonds. The zero-order chi connectivity index (χ0) is 24.8. The molecule has 0 spiro atoms. The minimum absolute atomic E-state index is 0.00672. The van der Waals surface area contributed by atoms with Crippen LogP contribution in [0.1, 0.15) is 53.9 Å². The van der Waals surface area contributed by atoms with Gasteiger partial charge < -0.3 is 14.6 Å². The van der Waals surface area contributed by atoms with Crippen LogP contribution in [0.4, 0.5) is 0 Å². The summed E-state index contributed by atoms with van der Waals surface area (Å²) < 4.78 is 8.23. The maximum absolute atomic E-state index is 12.8. The van der Waals surface area contributed by atoms with Crippen molar-refractivity contribution in [1.29, 1.82) is 0 Å². The van der Waals surface area contributed by atoms with Crippen molar-refractivity contribution in [1.82, 2.24) is 14.9 Å². The molecule has 0 radical (unpaired) electrons. The highest BCUT2D eigenvalue weighted by Crippen LogP contribution is 2.22. The summed E-state index contributed by atoms with van der Waals surface area (Å²) in [6.45, 7) is 9.72. The van der Waals surface area contributed by atoms with Crippen molar-refractivity contribution in [2.24, 2.45) is 0 Å². The van der Waals surface area contributed by atoms with Crippen LogP contribution < -0.4 is 10.1 Å². The molecule has 182 valence electrons. The molecule has 4 rings (SSSR count). The molecule has 1 aromatic heterocycles. The van der Waals surface area contributed by atoms with Crippen molar-refractivity contribution >= 4 is 16.9 Å². The molecular weight excluding hydrogens is 434 g/mol. The molecule has 0 aliphatic rings. The number of ether oxygens (including phenoxy) is 1. The van der Waals surface area contributed by atoms with Crippen LogP contribution in [0.2, 0.25) is 0 Å². The first-order valence-electron chi connectivity index (χ1n) is 12.4. The number of hydrogen-bond acceptors (Lipinski definition) is 3. The number of fused-ring (bicyclic) bond motifs is 1. The predicted molar refractivity (Wildman–Crippen MR) is 142 cm³/mol. The highest BCUT2D eigenvalue weighted by atomic mass is 16.5. The van der Waals surface area contributed by atoms with Gasteiger partial charge in [-0.2, -0.15) is 0 Å². The average molecular weight is 470 g/mol. The Morgan fingerprint density at radius 3 is 2.46 bits per heavy atom. The number of rotatable bonds is 10. The Bertz CT molecular complexity index is 1290. The summed E-state index contributed by atoms with van der Waals surface area (Å²) in [6, 6.07) is 22.3. The Balaban J connectivity index is 1.39. The van der Waals surface area contributed by atoms with Gasteiger partial charge in [0.25, 0.3) is 0 Å². The third-order valence-corrected chi connectivity index (χ3v) is 6.30. The van der Waals surface area contributed by atoms with E-state index in [0.717, 1.165) is 53.1 Å². The summed E-state index contributed by atoms with van der Waals surface area (Å²) in [7, 11) is 0. The van der Waals surface area contributed by atoms with Gasteiger partial charge in [0.2, 0.25) is 5.91 Å². The lowest BCUT2D eigenvalue weighted by atomic mass is 10.1. The molecular formula is C30H35N3O2. The molecule has 35 heavy (non-hydrogen) atoms. The zero-order valence-corrected chi connectivity index (χ0v) is 21.2. The third kappa shape index (κ3) is 6.30. The molecule has 0 saturated heterocycles. The Hall–Kier alpha value is -3.60. The molecule has 0 aliphatic heterocycles. The molecule has 1 unspecified atom stereocenters. The van der Waals surface area contributed by atoms with Crippen molar-refractivity contribution < 1.29 is 9.53 Å². The summed E-state index contributed by atoms with van der Waals surface area (Å²) in [6.07, 6.45) is 2.27. The van der Waals surface area contributed by atoms with Crippen molar-refractivity contribution in [3.05, 3.63) is 94.8 Å². The van der Waals surface area contributed by atoms with Gasteiger partial charge in [-0.05, 0) is 87.1 Å². The van der Waals surface area contributed by atoms with Crippen LogP contribution in [0.3, 0.4) is 0 Å². The number of para-hydroxylation sites is 2. The second-order valence-corrected chi connectivity index (χ2v) is 9.38. The zero-order valence-electron chi connectivity index (χ0n) is 21.2. The smallest absolute Gasteiger partial charge is 0.225 e. The van der Waals surface area contributed by atoms with E-state index in [0.29, 0.717) is 13.0 Å². The second kappa shape index (κ2) is 11.2. The third-order valence-electron chi connectivity index (χ3n) is 6.30. The number of amides is 1. The van der Waals surface area contributed by atoms with E-state index in [9.17, 15) is 4.79 Å². The van der Waals surface area contributed by atoms with Crippen LogP contribution in [0.25, 0.3) is 11.0 Å². The first-order chi connectivity index (χ1) is 16.9. The van der Waals surface area contributed by atoms with E-state index >= 15 is 0 Å². The number of hydrogen-bond donors (Lipinski definition) is 1. The van der Waals surface area contributed by atoms with E-state index in [2.05, 4.69) is 48.0 Å². The van der Waals surface area contributed by atoms with E-state index in [1.54, 1.807) is 0 Å². The van der Waals surface area contributed by atoms with Gasteiger partial charge in [0.15, 0.2) is 0 Å². The van der Waals surface area contributed by atoms with Crippen molar-refractivity contribution in [2.75, 3.05) is 6.61 Å². The number of nitrogens with one attached hydrogen (secondary N) is 1. The molecule has 0 fully saturated rings. The molecule has 1 N–H and O–H groups in total. The van der Waals surface area contributed by atoms with Gasteiger partial charge in [-0.1, -0.05) is 42.5 Å². The molecule has 5 heteroatoms. The van der Waals surface area contributed by atoms with Crippen LogP contribution in [-0.4, -0.2) is 22.1 Å². The number of carbonyl (C=O) groups is 1. The number of benzene rings is 3. The maximum Gasteiger partial charge on any atom is 0.225 e. The van der Waals surface area contributed by atoms with Gasteiger partial charge in [0, 0.05) is 6.54 Å². The maximum atomic E-state index is 12.8. The Morgan fingerprint density at radius 2 is 1.69 bits per heavy atom. The topological polar surface area (TPSA) is 56.1 Å². The van der Waals surface area contributed by atoms with Crippen LogP contribution in [0, 0.1) is 20.8 Å². The summed E-state index contributed by atoms with van der Waals surface area (Å²) in [4.78, 5) is 17.7. The average Bonchev–Trinajstić information content (AvgIpc) is 3.18. The van der Waals surface area contributed by atoms with Gasteiger partial charge in [0.05, 0.1) is 30.1 Å². The number of unbranched alkanes of at least 4 members (excludes halogenated alkanes) is 1. The van der Waals surface area contributed by atoms with Crippen LogP contribution in [0.15, 0.2) is 66.7 Å². The highest BCUT2D eigenvalue weighted by Gasteiger charge is 2.18. The summed E-state index contributed by atoms with van der Waals surface area (Å²) >= 11 is 0. The van der Waals surface area contributed by atoms with Gasteiger partial charge in [-0.25, -0.2) is 4.98 Å². The SMILES string of the molecule is Cc1cc(C)cc(OCCCCn2c(C(C)NC(=O)Cc3ccccc3C)nc3ccccc32)c1. The molecule has 5 nitrogen and oxygen atoms in total. The normalized spacial score (nSPS) is 12.0. The van der Waals surface area contributed by atoms with Crippen LogP contribution >= 0.6 is 0 Å². The molecule has 0 aliphatic carbocycles. The minimum atomic E-state index is -0.189. The standard InChI is InChI=1S/C30H35N3O2/c1-21-17-22(2)19-26(18-21)35-16-10-9-15-33-28-14-8-7-13-27(28)32-30(33)24(4)31-29(34)20-25-12-6-5-11-23(25)3/h5-8,11-14,17-19,24H,9-10,15-16,20H2,1-4H3,(H,31,34). The van der Waals surface area contributed by atoms with E-state index in [1.807, 2.05) is 56.3 Å². The Labute approximate surface area is 208 Å². The lowest BCUT2D eigenvalue weighted by Crippen LogP contribution is -2.30. The molecule has 4 aromatic rings. The number of imidazole rings is 1. The summed E-state index contributed by atoms with van der Waals surface area (Å²) in [5.74, 6) is 1.83. The van der Waals surface area contributed by atoms with Gasteiger partial charge in [0.1, 0.15) is 11.6 Å². The monoisotopic (exact) mass is 469 g/mol. The second-order valence-electron chi connectivity index (χ2n) is 9.38.